The van der Waals surface area contributed by atoms with Crippen molar-refractivity contribution in [3.05, 3.63) is 59.2 Å². The highest BCUT2D eigenvalue weighted by Gasteiger charge is 2.57. The van der Waals surface area contributed by atoms with Crippen LogP contribution in [0.1, 0.15) is 79.8 Å². The molecule has 5 rings (SSSR count). The summed E-state index contributed by atoms with van der Waals surface area (Å²) in [5.41, 5.74) is -13.2. The van der Waals surface area contributed by atoms with E-state index in [1.807, 2.05) is 12.1 Å². The van der Waals surface area contributed by atoms with Gasteiger partial charge in [-0.1, -0.05) is 45.6 Å². The summed E-state index contributed by atoms with van der Waals surface area (Å²) >= 11 is 0. The van der Waals surface area contributed by atoms with Crippen molar-refractivity contribution in [3.8, 4) is 6.07 Å². The molecule has 2 aliphatic heterocycles. The van der Waals surface area contributed by atoms with Gasteiger partial charge in [0.1, 0.15) is 18.4 Å². The fourth-order valence-corrected chi connectivity index (χ4v) is 8.55. The van der Waals surface area contributed by atoms with Crippen molar-refractivity contribution in [2.24, 2.45) is 5.41 Å². The van der Waals surface area contributed by atoms with Gasteiger partial charge in [0.2, 0.25) is 5.82 Å². The average molecular weight is 883 g/mol. The molecule has 3 heterocycles. The molecule has 1 saturated heterocycles. The van der Waals surface area contributed by atoms with Gasteiger partial charge in [0.05, 0.1) is 18.8 Å². The molecule has 1 aromatic carbocycles. The van der Waals surface area contributed by atoms with Crippen molar-refractivity contribution in [2.75, 3.05) is 25.1 Å². The topological polar surface area (TPSA) is 176 Å². The van der Waals surface area contributed by atoms with Gasteiger partial charge in [-0.25, -0.2) is 4.98 Å². The Bertz CT molecular complexity index is 2240. The van der Waals surface area contributed by atoms with Crippen molar-refractivity contribution in [3.63, 3.8) is 0 Å². The smallest absolute Gasteiger partial charge is 0.361 e. The van der Waals surface area contributed by atoms with E-state index in [1.165, 1.54) is 22.9 Å². The summed E-state index contributed by atoms with van der Waals surface area (Å²) in [6, 6.07) is 7.51. The Hall–Kier alpha value is -3.59. The van der Waals surface area contributed by atoms with E-state index >= 15 is 0 Å². The second-order valence-electron chi connectivity index (χ2n) is 16.7. The largest absolute Gasteiger partial charge is 0.523 e. The first-order chi connectivity index (χ1) is 26.6. The Morgan fingerprint density at radius 3 is 2.24 bits per heavy atom. The van der Waals surface area contributed by atoms with Crippen LogP contribution in [0, 0.1) is 16.7 Å². The highest BCUT2D eigenvalue weighted by molar-refractivity contribution is 7.87. The van der Waals surface area contributed by atoms with Gasteiger partial charge in [-0.15, -0.1) is 0 Å². The molecule has 2 bridgehead atoms. The number of halogens is 6. The Morgan fingerprint density at radius 2 is 1.66 bits per heavy atom. The maximum Gasteiger partial charge on any atom is 0.523 e. The summed E-state index contributed by atoms with van der Waals surface area (Å²) in [7, 11) is -13.7. The molecule has 13 nitrogen and oxygen atoms in total. The Labute approximate surface area is 333 Å². The molecular formula is C36H44F6N4O9S2Si. The molecule has 3 aliphatic rings. The zero-order valence-corrected chi connectivity index (χ0v) is 35.0. The molecule has 2 aromatic rings. The number of hydrogen-bond acceptors (Lipinski definition) is 11. The number of nitriles is 1. The summed E-state index contributed by atoms with van der Waals surface area (Å²) in [6.45, 7) is 8.69. The van der Waals surface area contributed by atoms with E-state index in [9.17, 15) is 53.2 Å². The van der Waals surface area contributed by atoms with Gasteiger partial charge in [-0.05, 0) is 78.5 Å². The highest BCUT2D eigenvalue weighted by Crippen LogP contribution is 2.51. The molecule has 1 aromatic heterocycles. The number of aromatic nitrogens is 2. The number of nitrogens with zero attached hydrogens (tertiary/aromatic N) is 3. The number of imidazole rings is 1. The standard InChI is InChI=1S/C36H44F6N4O9S2Si/c1-32(2)10-8-24(9-11-32)28-16-25(6-7-29(28)45-31(47)30-44-27(19-43)20-46(30)23-52-14-15-58(3,4)5)26-17-33(21-53-56(48,49)35(37,38)39)12-13-34(18-26,55-33)22-54-57(50,51)36(40,41)42/h6-8,16-17,20H,9-15,18,21-23H2,1-5H3,(H,45,47). The first-order valence-corrected chi connectivity index (χ1v) is 24.6. The van der Waals surface area contributed by atoms with Crippen LogP contribution >= 0.6 is 0 Å². The van der Waals surface area contributed by atoms with Crippen LogP contribution < -0.4 is 5.32 Å². The molecule has 0 radical (unpaired) electrons. The maximum atomic E-state index is 13.8. The second kappa shape index (κ2) is 16.1. The van der Waals surface area contributed by atoms with E-state index in [4.69, 9.17) is 9.47 Å². The number of alkyl halides is 6. The predicted molar refractivity (Wildman–Crippen MR) is 201 cm³/mol. The number of carbonyl (C=O) groups excluding carboxylic acids is 1. The zero-order chi connectivity index (χ0) is 43.2. The first kappa shape index (κ1) is 45.5. The summed E-state index contributed by atoms with van der Waals surface area (Å²) in [5, 5.41) is 12.4. The first-order valence-electron chi connectivity index (χ1n) is 18.1. The number of rotatable bonds is 15. The third kappa shape index (κ3) is 10.6. The fourth-order valence-electron chi connectivity index (χ4n) is 6.80. The Balaban J connectivity index is 1.53. The third-order valence-corrected chi connectivity index (χ3v) is 13.8. The average Bonchev–Trinajstić information content (AvgIpc) is 3.65. The number of nitrogens with one attached hydrogen (secondary N) is 1. The number of amides is 1. The van der Waals surface area contributed by atoms with Gasteiger partial charge < -0.3 is 19.4 Å². The Morgan fingerprint density at radius 1 is 1.00 bits per heavy atom. The normalized spacial score (nSPS) is 22.6. The molecule has 1 amide bonds. The highest BCUT2D eigenvalue weighted by atomic mass is 32.2. The second-order valence-corrected chi connectivity index (χ2v) is 25.5. The van der Waals surface area contributed by atoms with Crippen LogP contribution in [-0.2, 0) is 44.8 Å². The Kier molecular flexibility index (Phi) is 12.6. The van der Waals surface area contributed by atoms with Crippen LogP contribution in [0.3, 0.4) is 0 Å². The van der Waals surface area contributed by atoms with Crippen molar-refractivity contribution in [1.29, 1.82) is 5.26 Å². The monoisotopic (exact) mass is 882 g/mol. The molecule has 2 atom stereocenters. The van der Waals surface area contributed by atoms with Crippen molar-refractivity contribution >= 4 is 51.1 Å². The van der Waals surface area contributed by atoms with Gasteiger partial charge in [-0.2, -0.15) is 48.4 Å². The SMILES string of the molecule is CC1(C)CC=C(c2cc(C3=CC4(COS(=O)(=O)C(F)(F)F)CCC(COS(=O)(=O)C(F)(F)F)(C3)O4)ccc2NC(=O)c2nc(C#N)cn2COCC[Si](C)(C)C)CC1. The van der Waals surface area contributed by atoms with E-state index < -0.39 is 69.6 Å². The number of fused-ring (bicyclic) bond motifs is 2. The minimum atomic E-state index is -6.13. The van der Waals surface area contributed by atoms with Crippen LogP contribution in [0.4, 0.5) is 32.0 Å². The van der Waals surface area contributed by atoms with E-state index in [2.05, 4.69) is 52.2 Å². The lowest BCUT2D eigenvalue weighted by Crippen LogP contribution is -2.46. The quantitative estimate of drug-likeness (QED) is 0.0610. The fraction of sp³-hybridized carbons (Fsp3) is 0.583. The van der Waals surface area contributed by atoms with Crippen LogP contribution in [-0.4, -0.2) is 82.4 Å². The summed E-state index contributed by atoms with van der Waals surface area (Å²) < 4.78 is 149. The minimum Gasteiger partial charge on any atom is -0.361 e. The molecule has 1 aliphatic carbocycles. The number of ether oxygens (including phenoxy) is 2. The molecule has 2 unspecified atom stereocenters. The molecule has 0 saturated carbocycles. The van der Waals surface area contributed by atoms with Gasteiger partial charge in [0.25, 0.3) is 5.91 Å². The van der Waals surface area contributed by atoms with Crippen LogP contribution in [0.5, 0.6) is 0 Å². The molecule has 58 heavy (non-hydrogen) atoms. The lowest BCUT2D eigenvalue weighted by atomic mass is 9.76. The van der Waals surface area contributed by atoms with Gasteiger partial charge >= 0.3 is 31.3 Å². The lowest BCUT2D eigenvalue weighted by Gasteiger charge is -2.39. The van der Waals surface area contributed by atoms with Crippen molar-refractivity contribution in [1.82, 2.24) is 9.55 Å². The zero-order valence-electron chi connectivity index (χ0n) is 32.3. The number of hydrogen-bond donors (Lipinski definition) is 1. The maximum absolute atomic E-state index is 13.8. The molecule has 1 N–H and O–H groups in total. The van der Waals surface area contributed by atoms with Crippen LogP contribution in [0.15, 0.2) is 36.5 Å². The number of benzene rings is 1. The van der Waals surface area contributed by atoms with Crippen molar-refractivity contribution < 1.29 is 65.8 Å². The summed E-state index contributed by atoms with van der Waals surface area (Å²) in [6.07, 6.45) is 5.87. The van der Waals surface area contributed by atoms with E-state index in [1.54, 1.807) is 12.1 Å². The number of anilines is 1. The third-order valence-electron chi connectivity index (χ3n) is 10.2. The van der Waals surface area contributed by atoms with Crippen LogP contribution in [0.25, 0.3) is 11.1 Å². The number of allylic oxidation sites excluding steroid dienone is 2. The van der Waals surface area contributed by atoms with Gasteiger partial charge in [0, 0.05) is 38.5 Å². The van der Waals surface area contributed by atoms with E-state index in [0.717, 1.165) is 18.0 Å². The van der Waals surface area contributed by atoms with Gasteiger partial charge in [0.15, 0.2) is 5.69 Å². The summed E-state index contributed by atoms with van der Waals surface area (Å²) in [5.74, 6) is -0.776. The molecule has 0 spiro atoms. The molecule has 22 heteroatoms. The minimum absolute atomic E-state index is 0.0188. The van der Waals surface area contributed by atoms with Gasteiger partial charge in [-0.3, -0.25) is 13.2 Å². The van der Waals surface area contributed by atoms with E-state index in [0.29, 0.717) is 36.3 Å². The summed E-state index contributed by atoms with van der Waals surface area (Å²) in [4.78, 5) is 18.0. The lowest BCUT2D eigenvalue weighted by molar-refractivity contribution is -0.122. The predicted octanol–water partition coefficient (Wildman–Crippen LogP) is 7.72. The molecule has 1 fully saturated rings. The van der Waals surface area contributed by atoms with E-state index in [-0.39, 0.29) is 48.5 Å². The van der Waals surface area contributed by atoms with Crippen LogP contribution in [0.2, 0.25) is 25.7 Å². The molecular weight excluding hydrogens is 839 g/mol. The number of carbonyl (C=O) groups is 1. The van der Waals surface area contributed by atoms with Crippen molar-refractivity contribution in [2.45, 2.75) is 107 Å². The molecule has 320 valence electrons.